The van der Waals surface area contributed by atoms with E-state index >= 15 is 0 Å². The number of carbonyl (C=O) groups excluding carboxylic acids is 4. The molecule has 14 nitrogen and oxygen atoms in total. The number of carbonyl (C=O) groups is 5. The summed E-state index contributed by atoms with van der Waals surface area (Å²) in [5.41, 5.74) is 4.84. The SMILES string of the molecule is C[C@@H](OC(C)(C)C)[C@H](NC(=O)[C@H](Cc1ccccc1)NC(=O)[C@@H](NC(=O)[C@@H](N)COC(C)(C)C)[C@@H](C)OC(C)(C)C)C(=O)NCC(=O)O. The van der Waals surface area contributed by atoms with Crippen molar-refractivity contribution in [3.63, 3.8) is 0 Å². The Bertz CT molecular complexity index is 1220. The predicted molar refractivity (Wildman–Crippen MR) is 181 cm³/mol. The van der Waals surface area contributed by atoms with Crippen molar-refractivity contribution >= 4 is 29.6 Å². The summed E-state index contributed by atoms with van der Waals surface area (Å²) in [7, 11) is 0. The molecule has 1 aromatic rings. The van der Waals surface area contributed by atoms with Crippen LogP contribution in [0.2, 0.25) is 0 Å². The minimum Gasteiger partial charge on any atom is -0.480 e. The summed E-state index contributed by atoms with van der Waals surface area (Å²) in [4.78, 5) is 65.2. The van der Waals surface area contributed by atoms with Gasteiger partial charge in [-0.3, -0.25) is 24.0 Å². The molecule has 0 unspecified atom stereocenters. The van der Waals surface area contributed by atoms with Crippen LogP contribution < -0.4 is 27.0 Å². The molecule has 0 heterocycles. The second-order valence-electron chi connectivity index (χ2n) is 14.7. The maximum atomic E-state index is 13.9. The average molecular weight is 680 g/mol. The molecule has 0 spiro atoms. The fraction of sp³-hybridized carbons (Fsp3) is 0.676. The van der Waals surface area contributed by atoms with E-state index in [1.165, 1.54) is 0 Å². The van der Waals surface area contributed by atoms with Crippen molar-refractivity contribution in [2.75, 3.05) is 13.2 Å². The van der Waals surface area contributed by atoms with Gasteiger partial charge in [0.25, 0.3) is 0 Å². The summed E-state index contributed by atoms with van der Waals surface area (Å²) in [6, 6.07) is 3.96. The van der Waals surface area contributed by atoms with Crippen LogP contribution in [0.25, 0.3) is 0 Å². The number of nitrogens with two attached hydrogens (primary N) is 1. The van der Waals surface area contributed by atoms with E-state index in [9.17, 15) is 24.0 Å². The monoisotopic (exact) mass is 679 g/mol. The highest BCUT2D eigenvalue weighted by atomic mass is 16.5. The van der Waals surface area contributed by atoms with Gasteiger partial charge in [0, 0.05) is 6.42 Å². The molecule has 0 aliphatic rings. The quantitative estimate of drug-likeness (QED) is 0.140. The van der Waals surface area contributed by atoms with Crippen molar-refractivity contribution in [2.45, 2.75) is 136 Å². The number of hydrogen-bond acceptors (Lipinski definition) is 9. The highest BCUT2D eigenvalue weighted by Crippen LogP contribution is 2.16. The fourth-order valence-electron chi connectivity index (χ4n) is 4.57. The molecule has 0 aliphatic carbocycles. The van der Waals surface area contributed by atoms with Gasteiger partial charge in [-0.15, -0.1) is 0 Å². The number of amides is 4. The minimum absolute atomic E-state index is 0.0184. The van der Waals surface area contributed by atoms with E-state index in [-0.39, 0.29) is 13.0 Å². The second-order valence-corrected chi connectivity index (χ2v) is 14.7. The van der Waals surface area contributed by atoms with Gasteiger partial charge >= 0.3 is 5.97 Å². The maximum absolute atomic E-state index is 13.9. The first-order valence-electron chi connectivity index (χ1n) is 16.1. The maximum Gasteiger partial charge on any atom is 0.322 e. The Morgan fingerprint density at radius 3 is 1.65 bits per heavy atom. The van der Waals surface area contributed by atoms with Gasteiger partial charge in [-0.25, -0.2) is 0 Å². The smallest absolute Gasteiger partial charge is 0.322 e. The number of nitrogens with one attached hydrogen (secondary N) is 4. The van der Waals surface area contributed by atoms with Gasteiger partial charge in [0.05, 0.1) is 35.6 Å². The molecule has 1 rings (SSSR count). The van der Waals surface area contributed by atoms with Crippen molar-refractivity contribution in [1.29, 1.82) is 0 Å². The Kier molecular flexibility index (Phi) is 16.1. The zero-order valence-electron chi connectivity index (χ0n) is 30.3. The molecule has 0 saturated carbocycles. The van der Waals surface area contributed by atoms with Crippen LogP contribution in [0.3, 0.4) is 0 Å². The molecule has 48 heavy (non-hydrogen) atoms. The van der Waals surface area contributed by atoms with Crippen LogP contribution in [-0.4, -0.2) is 101 Å². The highest BCUT2D eigenvalue weighted by molar-refractivity contribution is 5.95. The normalized spacial score (nSPS) is 16.0. The van der Waals surface area contributed by atoms with Gasteiger partial charge in [0.2, 0.25) is 23.6 Å². The van der Waals surface area contributed by atoms with Crippen LogP contribution in [0.15, 0.2) is 30.3 Å². The second kappa shape index (κ2) is 18.2. The van der Waals surface area contributed by atoms with Gasteiger partial charge in [-0.05, 0) is 81.7 Å². The van der Waals surface area contributed by atoms with Crippen molar-refractivity contribution in [1.82, 2.24) is 21.3 Å². The van der Waals surface area contributed by atoms with E-state index in [4.69, 9.17) is 25.1 Å². The lowest BCUT2D eigenvalue weighted by Crippen LogP contribution is -2.62. The lowest BCUT2D eigenvalue weighted by molar-refractivity contribution is -0.143. The Balaban J connectivity index is 3.44. The van der Waals surface area contributed by atoms with E-state index in [1.54, 1.807) is 85.7 Å². The van der Waals surface area contributed by atoms with Crippen LogP contribution in [0.4, 0.5) is 0 Å². The van der Waals surface area contributed by atoms with Gasteiger partial charge < -0.3 is 46.3 Å². The first-order chi connectivity index (χ1) is 21.9. The largest absolute Gasteiger partial charge is 0.480 e. The molecule has 0 saturated heterocycles. The van der Waals surface area contributed by atoms with Crippen LogP contribution in [-0.2, 0) is 44.6 Å². The summed E-state index contributed by atoms with van der Waals surface area (Å²) in [5.74, 6) is -4.17. The molecule has 0 bridgehead atoms. The van der Waals surface area contributed by atoms with Crippen molar-refractivity contribution in [2.24, 2.45) is 5.73 Å². The number of benzene rings is 1. The minimum atomic E-state index is -1.31. The Morgan fingerprint density at radius 2 is 1.19 bits per heavy atom. The van der Waals surface area contributed by atoms with Gasteiger partial charge in [0.1, 0.15) is 30.7 Å². The number of carboxylic acids is 1. The van der Waals surface area contributed by atoms with E-state index in [0.717, 1.165) is 0 Å². The van der Waals surface area contributed by atoms with E-state index in [0.29, 0.717) is 5.56 Å². The van der Waals surface area contributed by atoms with Crippen molar-refractivity contribution in [3.05, 3.63) is 35.9 Å². The predicted octanol–water partition coefficient (Wildman–Crippen LogP) is 1.43. The van der Waals surface area contributed by atoms with E-state index < -0.39 is 89.3 Å². The molecule has 0 fully saturated rings. The Hall–Kier alpha value is -3.59. The number of rotatable bonds is 17. The topological polar surface area (TPSA) is 207 Å². The van der Waals surface area contributed by atoms with Gasteiger partial charge in [-0.2, -0.15) is 0 Å². The molecule has 1 aromatic carbocycles. The van der Waals surface area contributed by atoms with Crippen LogP contribution >= 0.6 is 0 Å². The number of hydrogen-bond donors (Lipinski definition) is 6. The molecule has 14 heteroatoms. The molecule has 4 amide bonds. The molecule has 0 aliphatic heterocycles. The third-order valence-electron chi connectivity index (χ3n) is 6.54. The number of ether oxygens (including phenoxy) is 3. The molecule has 0 aromatic heterocycles. The summed E-state index contributed by atoms with van der Waals surface area (Å²) in [6.45, 7) is 18.6. The summed E-state index contributed by atoms with van der Waals surface area (Å²) < 4.78 is 17.6. The van der Waals surface area contributed by atoms with Crippen LogP contribution in [0.1, 0.15) is 81.7 Å². The fourth-order valence-corrected chi connectivity index (χ4v) is 4.57. The summed E-state index contributed by atoms with van der Waals surface area (Å²) in [6.07, 6.45) is -1.73. The molecule has 7 N–H and O–H groups in total. The molecule has 0 radical (unpaired) electrons. The lowest BCUT2D eigenvalue weighted by Gasteiger charge is -2.33. The highest BCUT2D eigenvalue weighted by Gasteiger charge is 2.37. The zero-order valence-corrected chi connectivity index (χ0v) is 30.3. The van der Waals surface area contributed by atoms with Gasteiger partial charge in [-0.1, -0.05) is 30.3 Å². The third-order valence-corrected chi connectivity index (χ3v) is 6.54. The number of aliphatic carboxylic acids is 1. The van der Waals surface area contributed by atoms with Crippen molar-refractivity contribution in [3.8, 4) is 0 Å². The Morgan fingerprint density at radius 1 is 0.708 bits per heavy atom. The van der Waals surface area contributed by atoms with Crippen LogP contribution in [0, 0.1) is 0 Å². The number of carboxylic acid groups (broad SMARTS) is 1. The zero-order chi connectivity index (χ0) is 37.0. The van der Waals surface area contributed by atoms with Crippen LogP contribution in [0.5, 0.6) is 0 Å². The molecule has 6 atom stereocenters. The summed E-state index contributed by atoms with van der Waals surface area (Å²) >= 11 is 0. The first-order valence-corrected chi connectivity index (χ1v) is 16.1. The van der Waals surface area contributed by atoms with E-state index in [1.807, 2.05) is 20.8 Å². The standard InChI is InChI=1S/C34H57N5O9/c1-20(47-33(6,7)8)26(30(44)36-18-25(40)41)39-29(43)24(17-22-15-13-12-14-16-22)37-31(45)27(21(2)48-34(9,10)11)38-28(42)23(35)19-46-32(3,4)5/h12-16,20-21,23-24,26-27H,17-19,35H2,1-11H3,(H,36,44)(H,37,45)(H,38,42)(H,39,43)(H,40,41)/t20-,21-,23+,24+,26+,27+/m1/s1. The molecule has 272 valence electrons. The van der Waals surface area contributed by atoms with Crippen molar-refractivity contribution < 1.29 is 43.3 Å². The van der Waals surface area contributed by atoms with E-state index in [2.05, 4.69) is 21.3 Å². The van der Waals surface area contributed by atoms with Gasteiger partial charge in [0.15, 0.2) is 0 Å². The third kappa shape index (κ3) is 17.0. The molecular formula is C34H57N5O9. The molecular weight excluding hydrogens is 622 g/mol. The first kappa shape index (κ1) is 42.4. The average Bonchev–Trinajstić information content (AvgIpc) is 2.93. The Labute approximate surface area is 284 Å². The lowest BCUT2D eigenvalue weighted by atomic mass is 10.0. The summed E-state index contributed by atoms with van der Waals surface area (Å²) in [5, 5.41) is 19.4.